The lowest BCUT2D eigenvalue weighted by molar-refractivity contribution is 0.102. The van der Waals surface area contributed by atoms with E-state index in [0.29, 0.717) is 5.69 Å². The summed E-state index contributed by atoms with van der Waals surface area (Å²) >= 11 is 3.43. The Kier molecular flexibility index (Phi) is 3.79. The van der Waals surface area contributed by atoms with Crippen LogP contribution in [0.25, 0.3) is 10.9 Å². The van der Waals surface area contributed by atoms with Gasteiger partial charge < -0.3 is 10.3 Å². The van der Waals surface area contributed by atoms with Crippen LogP contribution in [-0.4, -0.2) is 10.9 Å². The molecule has 3 nitrogen and oxygen atoms in total. The summed E-state index contributed by atoms with van der Waals surface area (Å²) in [4.78, 5) is 15.8. The van der Waals surface area contributed by atoms with E-state index >= 15 is 0 Å². The monoisotopic (exact) mass is 356 g/mol. The molecule has 0 aliphatic rings. The second kappa shape index (κ2) is 5.61. The quantitative estimate of drug-likeness (QED) is 0.658. The fourth-order valence-electron chi connectivity index (χ4n) is 2.62. The lowest BCUT2D eigenvalue weighted by Crippen LogP contribution is -2.14. The van der Waals surface area contributed by atoms with Crippen molar-refractivity contribution in [3.63, 3.8) is 0 Å². The molecule has 0 aliphatic heterocycles. The molecule has 2 N–H and O–H groups in total. The molecule has 0 aliphatic carbocycles. The van der Waals surface area contributed by atoms with Crippen LogP contribution in [0.5, 0.6) is 0 Å². The van der Waals surface area contributed by atoms with Crippen LogP contribution in [0.1, 0.15) is 27.2 Å². The topological polar surface area (TPSA) is 44.9 Å². The number of amides is 1. The van der Waals surface area contributed by atoms with E-state index in [1.807, 2.05) is 44.2 Å². The highest BCUT2D eigenvalue weighted by molar-refractivity contribution is 9.10. The average molecular weight is 357 g/mol. The molecule has 22 heavy (non-hydrogen) atoms. The Morgan fingerprint density at radius 3 is 2.59 bits per heavy atom. The second-order valence-electron chi connectivity index (χ2n) is 5.59. The van der Waals surface area contributed by atoms with E-state index in [4.69, 9.17) is 0 Å². The number of fused-ring (bicyclic) bond motifs is 1. The zero-order valence-electron chi connectivity index (χ0n) is 12.8. The molecule has 3 rings (SSSR count). The van der Waals surface area contributed by atoms with Gasteiger partial charge in [-0.05, 0) is 62.2 Å². The maximum Gasteiger partial charge on any atom is 0.272 e. The van der Waals surface area contributed by atoms with Crippen molar-refractivity contribution in [3.05, 3.63) is 63.3 Å². The van der Waals surface area contributed by atoms with E-state index < -0.39 is 0 Å². The van der Waals surface area contributed by atoms with Crippen molar-refractivity contribution >= 4 is 38.4 Å². The third kappa shape index (κ3) is 2.66. The van der Waals surface area contributed by atoms with Crippen molar-refractivity contribution in [2.75, 3.05) is 5.32 Å². The third-order valence-electron chi connectivity index (χ3n) is 3.88. The minimum absolute atomic E-state index is 0.114. The SMILES string of the molecule is Cc1ccc2[nH]c(C(=O)Nc3ccc(Br)cc3C)c(C)c2c1. The number of nitrogens with one attached hydrogen (secondary N) is 2. The Morgan fingerprint density at radius 1 is 1.09 bits per heavy atom. The number of hydrogen-bond donors (Lipinski definition) is 2. The number of aromatic amines is 1. The molecule has 0 saturated heterocycles. The van der Waals surface area contributed by atoms with Gasteiger partial charge in [0.2, 0.25) is 0 Å². The smallest absolute Gasteiger partial charge is 0.272 e. The first-order chi connectivity index (χ1) is 10.5. The molecule has 1 heterocycles. The van der Waals surface area contributed by atoms with Crippen LogP contribution in [0.3, 0.4) is 0 Å². The van der Waals surface area contributed by atoms with E-state index in [0.717, 1.165) is 32.2 Å². The third-order valence-corrected chi connectivity index (χ3v) is 4.37. The summed E-state index contributed by atoms with van der Waals surface area (Å²) in [5, 5.41) is 4.07. The number of halogens is 1. The number of rotatable bonds is 2. The number of aromatic nitrogens is 1. The second-order valence-corrected chi connectivity index (χ2v) is 6.50. The predicted molar refractivity (Wildman–Crippen MR) is 94.6 cm³/mol. The predicted octanol–water partition coefficient (Wildman–Crippen LogP) is 5.11. The molecule has 0 bridgehead atoms. The highest BCUT2D eigenvalue weighted by Crippen LogP contribution is 2.25. The summed E-state index contributed by atoms with van der Waals surface area (Å²) in [6.07, 6.45) is 0. The minimum atomic E-state index is -0.114. The number of anilines is 1. The maximum atomic E-state index is 12.6. The van der Waals surface area contributed by atoms with Crippen molar-refractivity contribution in [3.8, 4) is 0 Å². The number of carbonyl (C=O) groups excluding carboxylic acids is 1. The lowest BCUT2D eigenvalue weighted by Gasteiger charge is -2.08. The highest BCUT2D eigenvalue weighted by atomic mass is 79.9. The number of carbonyl (C=O) groups is 1. The molecule has 2 aromatic carbocycles. The van der Waals surface area contributed by atoms with Crippen molar-refractivity contribution in [2.45, 2.75) is 20.8 Å². The van der Waals surface area contributed by atoms with Gasteiger partial charge in [0.1, 0.15) is 5.69 Å². The largest absolute Gasteiger partial charge is 0.350 e. The Balaban J connectivity index is 1.97. The summed E-state index contributed by atoms with van der Waals surface area (Å²) in [7, 11) is 0. The van der Waals surface area contributed by atoms with E-state index in [1.54, 1.807) is 0 Å². The molecular formula is C18H17BrN2O. The van der Waals surface area contributed by atoms with E-state index in [2.05, 4.69) is 39.2 Å². The standard InChI is InChI=1S/C18H17BrN2O/c1-10-4-6-16-14(8-10)12(3)17(20-16)18(22)21-15-7-5-13(19)9-11(15)2/h4-9,20H,1-3H3,(H,21,22). The zero-order valence-corrected chi connectivity index (χ0v) is 14.3. The highest BCUT2D eigenvalue weighted by Gasteiger charge is 2.15. The van der Waals surface area contributed by atoms with Gasteiger partial charge in [0, 0.05) is 21.1 Å². The Bertz CT molecular complexity index is 880. The summed E-state index contributed by atoms with van der Waals surface area (Å²) in [6.45, 7) is 6.00. The maximum absolute atomic E-state index is 12.6. The molecule has 0 spiro atoms. The van der Waals surface area contributed by atoms with Crippen LogP contribution in [0.2, 0.25) is 0 Å². The van der Waals surface area contributed by atoms with Crippen LogP contribution < -0.4 is 5.32 Å². The van der Waals surface area contributed by atoms with E-state index in [-0.39, 0.29) is 5.91 Å². The molecular weight excluding hydrogens is 340 g/mol. The molecule has 112 valence electrons. The van der Waals surface area contributed by atoms with Crippen molar-refractivity contribution in [1.82, 2.24) is 4.98 Å². The lowest BCUT2D eigenvalue weighted by atomic mass is 10.1. The first-order valence-electron chi connectivity index (χ1n) is 7.12. The van der Waals surface area contributed by atoms with Gasteiger partial charge in [0.15, 0.2) is 0 Å². The summed E-state index contributed by atoms with van der Waals surface area (Å²) in [5.41, 5.74) is 5.61. The van der Waals surface area contributed by atoms with E-state index in [9.17, 15) is 4.79 Å². The first-order valence-corrected chi connectivity index (χ1v) is 7.91. The van der Waals surface area contributed by atoms with Gasteiger partial charge in [0.25, 0.3) is 5.91 Å². The van der Waals surface area contributed by atoms with Gasteiger partial charge in [0.05, 0.1) is 0 Å². The fraction of sp³-hybridized carbons (Fsp3) is 0.167. The molecule has 0 saturated carbocycles. The normalized spacial score (nSPS) is 10.9. The van der Waals surface area contributed by atoms with Gasteiger partial charge in [-0.3, -0.25) is 4.79 Å². The zero-order chi connectivity index (χ0) is 15.9. The Hall–Kier alpha value is -2.07. The average Bonchev–Trinajstić information content (AvgIpc) is 2.79. The van der Waals surface area contributed by atoms with E-state index in [1.165, 1.54) is 5.56 Å². The number of H-pyrrole nitrogens is 1. The van der Waals surface area contributed by atoms with Crippen LogP contribution in [-0.2, 0) is 0 Å². The first kappa shape index (κ1) is 14.9. The molecule has 0 fully saturated rings. The van der Waals surface area contributed by atoms with Crippen LogP contribution in [0, 0.1) is 20.8 Å². The minimum Gasteiger partial charge on any atom is -0.350 e. The summed E-state index contributed by atoms with van der Waals surface area (Å²) in [5.74, 6) is -0.114. The van der Waals surface area contributed by atoms with Crippen LogP contribution >= 0.6 is 15.9 Å². The molecule has 0 atom stereocenters. The van der Waals surface area contributed by atoms with Gasteiger partial charge in [-0.15, -0.1) is 0 Å². The van der Waals surface area contributed by atoms with Crippen molar-refractivity contribution in [2.24, 2.45) is 0 Å². The number of benzene rings is 2. The van der Waals surface area contributed by atoms with Gasteiger partial charge in [-0.1, -0.05) is 27.6 Å². The molecule has 1 aromatic heterocycles. The molecule has 4 heteroatoms. The van der Waals surface area contributed by atoms with Crippen molar-refractivity contribution in [1.29, 1.82) is 0 Å². The molecule has 0 radical (unpaired) electrons. The Labute approximate surface area is 137 Å². The van der Waals surface area contributed by atoms with Crippen LogP contribution in [0.4, 0.5) is 5.69 Å². The summed E-state index contributed by atoms with van der Waals surface area (Å²) < 4.78 is 1.00. The van der Waals surface area contributed by atoms with Gasteiger partial charge >= 0.3 is 0 Å². The van der Waals surface area contributed by atoms with Crippen molar-refractivity contribution < 1.29 is 4.79 Å². The fourth-order valence-corrected chi connectivity index (χ4v) is 3.10. The van der Waals surface area contributed by atoms with Crippen LogP contribution in [0.15, 0.2) is 40.9 Å². The van der Waals surface area contributed by atoms with Gasteiger partial charge in [-0.25, -0.2) is 0 Å². The van der Waals surface area contributed by atoms with Gasteiger partial charge in [-0.2, -0.15) is 0 Å². The Morgan fingerprint density at radius 2 is 1.86 bits per heavy atom. The molecule has 1 amide bonds. The summed E-state index contributed by atoms with van der Waals surface area (Å²) in [6, 6.07) is 12.0. The molecule has 3 aromatic rings. The number of aryl methyl sites for hydroxylation is 3. The number of hydrogen-bond acceptors (Lipinski definition) is 1. The molecule has 0 unspecified atom stereocenters.